The molecule has 1 aromatic heterocycles. The quantitative estimate of drug-likeness (QED) is 0.855. The van der Waals surface area contributed by atoms with Crippen LogP contribution in [0.1, 0.15) is 89.3 Å². The van der Waals surface area contributed by atoms with Gasteiger partial charge in [0, 0.05) is 12.0 Å². The van der Waals surface area contributed by atoms with E-state index in [4.69, 9.17) is 10.3 Å². The molecule has 0 bridgehead atoms. The molecule has 2 N–H and O–H groups in total. The van der Waals surface area contributed by atoms with Crippen LogP contribution < -0.4 is 5.73 Å². The summed E-state index contributed by atoms with van der Waals surface area (Å²) in [5.74, 6) is 3.17. The molecule has 0 saturated heterocycles. The molecule has 114 valence electrons. The van der Waals surface area contributed by atoms with E-state index < -0.39 is 0 Å². The van der Waals surface area contributed by atoms with Gasteiger partial charge in [-0.25, -0.2) is 0 Å². The minimum Gasteiger partial charge on any atom is -0.339 e. The van der Waals surface area contributed by atoms with Crippen LogP contribution in [0.3, 0.4) is 0 Å². The third kappa shape index (κ3) is 3.60. The van der Waals surface area contributed by atoms with E-state index in [2.05, 4.69) is 30.9 Å². The summed E-state index contributed by atoms with van der Waals surface area (Å²) in [6.45, 7) is 6.44. The fraction of sp³-hybridized carbons (Fsp3) is 0.875. The molecule has 0 amide bonds. The van der Waals surface area contributed by atoms with Gasteiger partial charge in [-0.15, -0.1) is 0 Å². The van der Waals surface area contributed by atoms with E-state index in [9.17, 15) is 0 Å². The first kappa shape index (κ1) is 15.5. The molecule has 20 heavy (non-hydrogen) atoms. The van der Waals surface area contributed by atoms with Crippen LogP contribution in [-0.4, -0.2) is 16.2 Å². The van der Waals surface area contributed by atoms with E-state index in [1.165, 1.54) is 38.5 Å². The molecule has 0 aromatic carbocycles. The van der Waals surface area contributed by atoms with Crippen LogP contribution in [0.4, 0.5) is 0 Å². The molecule has 4 nitrogen and oxygen atoms in total. The summed E-state index contributed by atoms with van der Waals surface area (Å²) in [6, 6.07) is 0.101. The van der Waals surface area contributed by atoms with Gasteiger partial charge < -0.3 is 10.3 Å². The summed E-state index contributed by atoms with van der Waals surface area (Å²) in [5.41, 5.74) is 6.06. The minimum atomic E-state index is 0.101. The molecule has 1 aromatic rings. The van der Waals surface area contributed by atoms with Crippen molar-refractivity contribution in [3.8, 4) is 0 Å². The average Bonchev–Trinajstić information content (AvgIpc) is 2.96. The van der Waals surface area contributed by atoms with Gasteiger partial charge in [-0.2, -0.15) is 4.98 Å². The molecule has 1 fully saturated rings. The lowest BCUT2D eigenvalue weighted by Crippen LogP contribution is -2.25. The summed E-state index contributed by atoms with van der Waals surface area (Å²) < 4.78 is 5.44. The first-order chi connectivity index (χ1) is 9.65. The topological polar surface area (TPSA) is 64.9 Å². The van der Waals surface area contributed by atoms with E-state index >= 15 is 0 Å². The Morgan fingerprint density at radius 3 is 2.55 bits per heavy atom. The molecule has 1 saturated carbocycles. The summed E-state index contributed by atoms with van der Waals surface area (Å²) in [7, 11) is 0. The highest BCUT2D eigenvalue weighted by molar-refractivity contribution is 5.02. The highest BCUT2D eigenvalue weighted by Gasteiger charge is 2.27. The fourth-order valence-corrected chi connectivity index (χ4v) is 3.25. The van der Waals surface area contributed by atoms with Crippen LogP contribution >= 0.6 is 0 Å². The first-order valence-electron chi connectivity index (χ1n) is 8.24. The second-order valence-electron chi connectivity index (χ2n) is 6.36. The van der Waals surface area contributed by atoms with Gasteiger partial charge in [-0.05, 0) is 38.0 Å². The van der Waals surface area contributed by atoms with E-state index in [1.807, 2.05) is 0 Å². The lowest BCUT2D eigenvalue weighted by Gasteiger charge is -2.26. The van der Waals surface area contributed by atoms with Crippen LogP contribution in [0, 0.1) is 5.92 Å². The van der Waals surface area contributed by atoms with E-state index in [1.54, 1.807) is 0 Å². The predicted molar refractivity (Wildman–Crippen MR) is 80.6 cm³/mol. The highest BCUT2D eigenvalue weighted by atomic mass is 16.5. The Kier molecular flexibility index (Phi) is 5.58. The SMILES string of the molecule is CCCC1CCC(c2noc(C(C)C(N)CC)n2)CC1. The largest absolute Gasteiger partial charge is 0.339 e. The first-order valence-corrected chi connectivity index (χ1v) is 8.24. The Hall–Kier alpha value is -0.900. The van der Waals surface area contributed by atoms with Gasteiger partial charge in [0.25, 0.3) is 0 Å². The monoisotopic (exact) mass is 279 g/mol. The average molecular weight is 279 g/mol. The van der Waals surface area contributed by atoms with E-state index in [0.717, 1.165) is 18.2 Å². The molecular weight excluding hydrogens is 250 g/mol. The van der Waals surface area contributed by atoms with Crippen molar-refractivity contribution in [3.63, 3.8) is 0 Å². The highest BCUT2D eigenvalue weighted by Crippen LogP contribution is 2.36. The summed E-state index contributed by atoms with van der Waals surface area (Å²) in [6.07, 6.45) is 8.64. The van der Waals surface area contributed by atoms with Crippen LogP contribution in [-0.2, 0) is 0 Å². The number of hydrogen-bond donors (Lipinski definition) is 1. The van der Waals surface area contributed by atoms with Gasteiger partial charge >= 0.3 is 0 Å². The van der Waals surface area contributed by atoms with Crippen LogP contribution in [0.2, 0.25) is 0 Å². The number of aromatic nitrogens is 2. The van der Waals surface area contributed by atoms with Gasteiger partial charge in [0.05, 0.1) is 5.92 Å². The maximum absolute atomic E-state index is 6.06. The standard InChI is InChI=1S/C16H29N3O/c1-4-6-12-7-9-13(10-8-12)15-18-16(20-19-15)11(3)14(17)5-2/h11-14H,4-10,17H2,1-3H3. The number of nitrogens with zero attached hydrogens (tertiary/aromatic N) is 2. The number of rotatable bonds is 6. The van der Waals surface area contributed by atoms with Gasteiger partial charge in [0.2, 0.25) is 5.89 Å². The van der Waals surface area contributed by atoms with Gasteiger partial charge in [-0.1, -0.05) is 38.8 Å². The van der Waals surface area contributed by atoms with Crippen molar-refractivity contribution in [2.24, 2.45) is 11.7 Å². The predicted octanol–water partition coefficient (Wildman–Crippen LogP) is 3.98. The molecule has 1 aliphatic carbocycles. The molecule has 1 heterocycles. The Bertz CT molecular complexity index is 396. The summed E-state index contributed by atoms with van der Waals surface area (Å²) >= 11 is 0. The third-order valence-electron chi connectivity index (χ3n) is 4.87. The number of nitrogens with two attached hydrogens (primary N) is 1. The second kappa shape index (κ2) is 7.21. The lowest BCUT2D eigenvalue weighted by molar-refractivity contribution is 0.292. The van der Waals surface area contributed by atoms with Crippen molar-refractivity contribution in [3.05, 3.63) is 11.7 Å². The Morgan fingerprint density at radius 1 is 1.25 bits per heavy atom. The van der Waals surface area contributed by atoms with Gasteiger partial charge in [0.1, 0.15) is 0 Å². The van der Waals surface area contributed by atoms with Gasteiger partial charge in [0.15, 0.2) is 5.82 Å². The smallest absolute Gasteiger partial charge is 0.231 e. The Labute approximate surface area is 122 Å². The third-order valence-corrected chi connectivity index (χ3v) is 4.87. The molecule has 0 aliphatic heterocycles. The molecular formula is C16H29N3O. The second-order valence-corrected chi connectivity index (χ2v) is 6.36. The molecule has 2 unspecified atom stereocenters. The van der Waals surface area contributed by atoms with E-state index in [0.29, 0.717) is 11.8 Å². The zero-order valence-corrected chi connectivity index (χ0v) is 13.1. The molecule has 0 spiro atoms. The Balaban J connectivity index is 1.93. The van der Waals surface area contributed by atoms with Crippen molar-refractivity contribution < 1.29 is 4.52 Å². The maximum Gasteiger partial charge on any atom is 0.231 e. The maximum atomic E-state index is 6.06. The summed E-state index contributed by atoms with van der Waals surface area (Å²) in [4.78, 5) is 4.62. The van der Waals surface area contributed by atoms with Crippen molar-refractivity contribution >= 4 is 0 Å². The molecule has 2 rings (SSSR count). The van der Waals surface area contributed by atoms with Crippen molar-refractivity contribution in [2.45, 2.75) is 83.6 Å². The molecule has 2 atom stereocenters. The fourth-order valence-electron chi connectivity index (χ4n) is 3.25. The van der Waals surface area contributed by atoms with E-state index in [-0.39, 0.29) is 12.0 Å². The minimum absolute atomic E-state index is 0.101. The summed E-state index contributed by atoms with van der Waals surface area (Å²) in [5, 5.41) is 4.21. The van der Waals surface area contributed by atoms with Crippen molar-refractivity contribution in [1.29, 1.82) is 0 Å². The lowest BCUT2D eigenvalue weighted by atomic mass is 9.80. The number of hydrogen-bond acceptors (Lipinski definition) is 4. The molecule has 4 heteroatoms. The van der Waals surface area contributed by atoms with Crippen molar-refractivity contribution in [1.82, 2.24) is 10.1 Å². The van der Waals surface area contributed by atoms with Gasteiger partial charge in [-0.3, -0.25) is 0 Å². The molecule has 1 aliphatic rings. The normalized spacial score (nSPS) is 26.4. The van der Waals surface area contributed by atoms with Crippen molar-refractivity contribution in [2.75, 3.05) is 0 Å². The van der Waals surface area contributed by atoms with Crippen LogP contribution in [0.5, 0.6) is 0 Å². The van der Waals surface area contributed by atoms with Crippen LogP contribution in [0.25, 0.3) is 0 Å². The van der Waals surface area contributed by atoms with Crippen LogP contribution in [0.15, 0.2) is 4.52 Å². The zero-order valence-electron chi connectivity index (χ0n) is 13.1. The molecule has 0 radical (unpaired) electrons. The zero-order chi connectivity index (χ0) is 14.5. The Morgan fingerprint density at radius 2 is 1.95 bits per heavy atom.